The molecule has 0 saturated carbocycles. The summed E-state index contributed by atoms with van der Waals surface area (Å²) < 4.78 is 7.28. The van der Waals surface area contributed by atoms with Gasteiger partial charge in [-0.05, 0) is 53.3 Å². The molecule has 2 N–H and O–H groups in total. The predicted molar refractivity (Wildman–Crippen MR) is 175 cm³/mol. The van der Waals surface area contributed by atoms with Gasteiger partial charge in [0.25, 0.3) is 0 Å². The Kier molecular flexibility index (Phi) is 8.02. The first kappa shape index (κ1) is 28.6. The number of nitrogens with zero attached hydrogens (tertiary/aromatic N) is 3. The predicted octanol–water partition coefficient (Wildman–Crippen LogP) is 7.77. The zero-order valence-electron chi connectivity index (χ0n) is 25.4. The highest BCUT2D eigenvalue weighted by Gasteiger charge is 2.22. The third kappa shape index (κ3) is 6.63. The fraction of sp³-hybridized carbons (Fsp3) is 0.278. The van der Waals surface area contributed by atoms with E-state index in [-0.39, 0.29) is 11.4 Å². The topological polar surface area (TPSA) is 71.4 Å². The molecule has 2 amide bonds. The monoisotopic (exact) mass is 573 g/mol. The number of nitrogens with one attached hydrogen (secondary N) is 2. The second-order valence-electron chi connectivity index (χ2n) is 12.3. The van der Waals surface area contributed by atoms with Crippen LogP contribution in [-0.4, -0.2) is 47.0 Å². The minimum absolute atomic E-state index is 0.175. The molecule has 0 radical (unpaired) electrons. The van der Waals surface area contributed by atoms with Crippen molar-refractivity contribution in [2.24, 2.45) is 0 Å². The number of urea groups is 1. The van der Waals surface area contributed by atoms with Crippen LogP contribution in [0, 0.1) is 6.92 Å². The second-order valence-corrected chi connectivity index (χ2v) is 12.3. The first-order chi connectivity index (χ1) is 20.7. The molecule has 0 unspecified atom stereocenters. The van der Waals surface area contributed by atoms with Gasteiger partial charge in [0, 0.05) is 36.5 Å². The van der Waals surface area contributed by atoms with Gasteiger partial charge in [-0.3, -0.25) is 10.2 Å². The van der Waals surface area contributed by atoms with Crippen molar-refractivity contribution in [1.29, 1.82) is 0 Å². The normalized spacial score (nSPS) is 14.1. The van der Waals surface area contributed by atoms with Crippen molar-refractivity contribution in [2.75, 3.05) is 36.9 Å². The first-order valence-corrected chi connectivity index (χ1v) is 14.9. The number of morpholine rings is 1. The van der Waals surface area contributed by atoms with Crippen LogP contribution in [0.1, 0.15) is 37.6 Å². The maximum atomic E-state index is 13.5. The summed E-state index contributed by atoms with van der Waals surface area (Å²) in [7, 11) is 0. The van der Waals surface area contributed by atoms with Gasteiger partial charge in [-0.25, -0.2) is 9.48 Å². The zero-order chi connectivity index (χ0) is 30.0. The van der Waals surface area contributed by atoms with Gasteiger partial charge in [0.2, 0.25) is 0 Å². The molecule has 1 aliphatic rings. The lowest BCUT2D eigenvalue weighted by molar-refractivity contribution is 0.0342. The van der Waals surface area contributed by atoms with E-state index in [1.54, 1.807) is 4.68 Å². The van der Waals surface area contributed by atoms with Crippen LogP contribution in [-0.2, 0) is 16.7 Å². The maximum absolute atomic E-state index is 13.5. The molecule has 1 saturated heterocycles. The largest absolute Gasteiger partial charge is 0.379 e. The molecule has 1 fully saturated rings. The van der Waals surface area contributed by atoms with Crippen LogP contribution < -0.4 is 10.6 Å². The Balaban J connectivity index is 1.27. The number of hydrogen-bond donors (Lipinski definition) is 2. The van der Waals surface area contributed by atoms with Gasteiger partial charge >= 0.3 is 6.03 Å². The highest BCUT2D eigenvalue weighted by molar-refractivity contribution is 6.07. The molecule has 1 aliphatic heterocycles. The van der Waals surface area contributed by atoms with E-state index >= 15 is 0 Å². The maximum Gasteiger partial charge on any atom is 0.324 e. The number of hydrogen-bond acceptors (Lipinski definition) is 4. The lowest BCUT2D eigenvalue weighted by Gasteiger charge is -2.26. The number of carbonyl (C=O) groups is 1. The molecule has 2 heterocycles. The number of aromatic nitrogens is 2. The van der Waals surface area contributed by atoms with E-state index in [9.17, 15) is 4.79 Å². The van der Waals surface area contributed by atoms with Crippen molar-refractivity contribution in [2.45, 2.75) is 39.7 Å². The highest BCUT2D eigenvalue weighted by atomic mass is 16.5. The lowest BCUT2D eigenvalue weighted by atomic mass is 9.92. The third-order valence-electron chi connectivity index (χ3n) is 7.91. The van der Waals surface area contributed by atoms with Gasteiger partial charge < -0.3 is 10.1 Å². The van der Waals surface area contributed by atoms with E-state index in [0.29, 0.717) is 5.82 Å². The van der Waals surface area contributed by atoms with Gasteiger partial charge in [-0.15, -0.1) is 0 Å². The average Bonchev–Trinajstić information content (AvgIpc) is 3.43. The molecule has 0 atom stereocenters. The molecule has 4 aromatic carbocycles. The van der Waals surface area contributed by atoms with E-state index in [4.69, 9.17) is 9.84 Å². The fourth-order valence-electron chi connectivity index (χ4n) is 5.39. The Morgan fingerprint density at radius 2 is 1.58 bits per heavy atom. The standard InChI is InChI=1S/C36H39N5O2/c1-25-9-15-30(16-10-25)41-34(23-33(39-41)36(2,3)4)38-35(42)37-32-22-29(21-28-7-5-6-8-31(28)32)27-13-11-26(12-14-27)24-40-17-19-43-20-18-40/h5-16,21-23H,17-20,24H2,1-4H3,(H2,37,38,42). The molecular formula is C36H39N5O2. The minimum Gasteiger partial charge on any atom is -0.379 e. The van der Waals surface area contributed by atoms with Crippen molar-refractivity contribution in [1.82, 2.24) is 14.7 Å². The lowest BCUT2D eigenvalue weighted by Crippen LogP contribution is -2.35. The quantitative estimate of drug-likeness (QED) is 0.218. The van der Waals surface area contributed by atoms with Crippen LogP contribution in [0.4, 0.5) is 16.3 Å². The number of aryl methyl sites for hydroxylation is 1. The van der Waals surface area contributed by atoms with Gasteiger partial charge in [0.1, 0.15) is 5.82 Å². The molecular weight excluding hydrogens is 534 g/mol. The van der Waals surface area contributed by atoms with E-state index < -0.39 is 0 Å². The Bertz CT molecular complexity index is 1730. The third-order valence-corrected chi connectivity index (χ3v) is 7.91. The second kappa shape index (κ2) is 12.0. The van der Waals surface area contributed by atoms with Crippen LogP contribution in [0.2, 0.25) is 0 Å². The van der Waals surface area contributed by atoms with Crippen LogP contribution in [0.5, 0.6) is 0 Å². The number of anilines is 2. The molecule has 43 heavy (non-hydrogen) atoms. The summed E-state index contributed by atoms with van der Waals surface area (Å²) in [6, 6.07) is 30.8. The van der Waals surface area contributed by atoms with E-state index in [1.807, 2.05) is 48.5 Å². The van der Waals surface area contributed by atoms with Crippen molar-refractivity contribution < 1.29 is 9.53 Å². The molecule has 220 valence electrons. The summed E-state index contributed by atoms with van der Waals surface area (Å²) in [5.74, 6) is 0.614. The molecule has 1 aromatic heterocycles. The number of ether oxygens (including phenoxy) is 1. The number of amides is 2. The van der Waals surface area contributed by atoms with E-state index in [0.717, 1.165) is 77.4 Å². The Morgan fingerprint density at radius 1 is 0.860 bits per heavy atom. The summed E-state index contributed by atoms with van der Waals surface area (Å²) in [6.07, 6.45) is 0. The smallest absolute Gasteiger partial charge is 0.324 e. The molecule has 0 spiro atoms. The van der Waals surface area contributed by atoms with Crippen LogP contribution in [0.25, 0.3) is 27.6 Å². The first-order valence-electron chi connectivity index (χ1n) is 14.9. The fourth-order valence-corrected chi connectivity index (χ4v) is 5.39. The minimum atomic E-state index is -0.322. The summed E-state index contributed by atoms with van der Waals surface area (Å²) in [5, 5.41) is 13.1. The Hall–Kier alpha value is -4.46. The van der Waals surface area contributed by atoms with Gasteiger partial charge in [-0.1, -0.05) is 87.0 Å². The molecule has 0 bridgehead atoms. The van der Waals surface area contributed by atoms with Crippen molar-refractivity contribution >= 4 is 28.3 Å². The number of carbonyl (C=O) groups excluding carboxylic acids is 1. The van der Waals surface area contributed by atoms with Crippen LogP contribution >= 0.6 is 0 Å². The molecule has 6 rings (SSSR count). The van der Waals surface area contributed by atoms with Crippen molar-refractivity contribution in [3.8, 4) is 16.8 Å². The molecule has 0 aliphatic carbocycles. The number of rotatable bonds is 6. The van der Waals surface area contributed by atoms with Gasteiger partial charge in [0.05, 0.1) is 30.3 Å². The van der Waals surface area contributed by atoms with Crippen molar-refractivity contribution in [3.63, 3.8) is 0 Å². The molecule has 5 aromatic rings. The van der Waals surface area contributed by atoms with E-state index in [1.165, 1.54) is 5.56 Å². The van der Waals surface area contributed by atoms with E-state index in [2.05, 4.69) is 85.7 Å². The summed E-state index contributed by atoms with van der Waals surface area (Å²) in [6.45, 7) is 12.8. The Labute approximate surface area is 253 Å². The summed E-state index contributed by atoms with van der Waals surface area (Å²) >= 11 is 0. The Morgan fingerprint density at radius 3 is 2.30 bits per heavy atom. The molecule has 7 nitrogen and oxygen atoms in total. The van der Waals surface area contributed by atoms with Crippen molar-refractivity contribution in [3.05, 3.63) is 108 Å². The van der Waals surface area contributed by atoms with Crippen LogP contribution in [0.3, 0.4) is 0 Å². The number of fused-ring (bicyclic) bond motifs is 1. The van der Waals surface area contributed by atoms with Gasteiger partial charge in [0.15, 0.2) is 0 Å². The summed E-state index contributed by atoms with van der Waals surface area (Å²) in [4.78, 5) is 15.9. The van der Waals surface area contributed by atoms with Crippen LogP contribution in [0.15, 0.2) is 91.0 Å². The average molecular weight is 574 g/mol. The molecule has 7 heteroatoms. The highest BCUT2D eigenvalue weighted by Crippen LogP contribution is 2.32. The number of benzene rings is 4. The zero-order valence-corrected chi connectivity index (χ0v) is 25.4. The SMILES string of the molecule is Cc1ccc(-n2nc(C(C)(C)C)cc2NC(=O)Nc2cc(-c3ccc(CN4CCOCC4)cc3)cc3ccccc23)cc1. The summed E-state index contributed by atoms with van der Waals surface area (Å²) in [5.41, 5.74) is 6.96. The van der Waals surface area contributed by atoms with Gasteiger partial charge in [-0.2, -0.15) is 5.10 Å².